The maximum Gasteiger partial charge on any atom is 0.365 e. The van der Waals surface area contributed by atoms with Gasteiger partial charge in [-0.3, -0.25) is 0 Å². The smallest absolute Gasteiger partial charge is 0.365 e. The summed E-state index contributed by atoms with van der Waals surface area (Å²) in [5.74, 6) is -0.175. The minimum atomic E-state index is -0.519. The van der Waals surface area contributed by atoms with Gasteiger partial charge in [0.05, 0.1) is 0 Å². The molecule has 1 aromatic heterocycles. The van der Waals surface area contributed by atoms with Crippen LogP contribution in [0, 0.1) is 5.82 Å². The number of fused-ring (bicyclic) bond motifs is 1. The van der Waals surface area contributed by atoms with Gasteiger partial charge in [0.2, 0.25) is 5.90 Å². The molecule has 2 aliphatic heterocycles. The number of piperazine rings is 1. The van der Waals surface area contributed by atoms with E-state index in [1.807, 2.05) is 33.4 Å². The second kappa shape index (κ2) is 8.43. The highest BCUT2D eigenvalue weighted by Crippen LogP contribution is 2.26. The second-order valence-electron chi connectivity index (χ2n) is 7.41. The quantitative estimate of drug-likeness (QED) is 0.287. The Kier molecular flexibility index (Phi) is 5.32. The summed E-state index contributed by atoms with van der Waals surface area (Å²) in [6.45, 7) is 2.70. The van der Waals surface area contributed by atoms with Gasteiger partial charge in [0, 0.05) is 43.3 Å². The van der Waals surface area contributed by atoms with Crippen LogP contribution < -0.4 is 5.73 Å². The number of halogens is 1. The van der Waals surface area contributed by atoms with Crippen molar-refractivity contribution in [3.05, 3.63) is 77.2 Å². The molecule has 3 aromatic rings. The molecule has 0 amide bonds. The molecular weight excluding hydrogens is 429 g/mol. The molecule has 7 nitrogen and oxygen atoms in total. The highest BCUT2D eigenvalue weighted by Gasteiger charge is 2.27. The standard InChI is InChI=1S/C23H20FN5O2S/c24-18-8-7-17(15-4-1-2-5-16(15)18)21-26-19(22(30)31-21)14-28-9-11-29(12-10-28)23(25)27-20-6-3-13-32-20/h1-8,13-14H,9-12H2,(H2,25,27). The topological polar surface area (TPSA) is 83.5 Å². The molecule has 2 aliphatic rings. The van der Waals surface area contributed by atoms with Crippen molar-refractivity contribution in [3.63, 3.8) is 0 Å². The number of rotatable bonds is 3. The van der Waals surface area contributed by atoms with Gasteiger partial charge in [-0.25, -0.2) is 19.2 Å². The third-order valence-corrected chi connectivity index (χ3v) is 6.16. The molecule has 0 saturated carbocycles. The van der Waals surface area contributed by atoms with E-state index in [9.17, 15) is 9.18 Å². The van der Waals surface area contributed by atoms with Crippen LogP contribution in [-0.2, 0) is 9.53 Å². The first kappa shape index (κ1) is 20.2. The van der Waals surface area contributed by atoms with Gasteiger partial charge in [-0.1, -0.05) is 24.3 Å². The van der Waals surface area contributed by atoms with E-state index in [4.69, 9.17) is 10.5 Å². The maximum atomic E-state index is 14.1. The van der Waals surface area contributed by atoms with E-state index in [0.717, 1.165) is 5.00 Å². The van der Waals surface area contributed by atoms with Crippen molar-refractivity contribution in [2.75, 3.05) is 26.2 Å². The second-order valence-corrected chi connectivity index (χ2v) is 8.33. The highest BCUT2D eigenvalue weighted by atomic mass is 32.1. The van der Waals surface area contributed by atoms with Gasteiger partial charge < -0.3 is 20.3 Å². The number of benzene rings is 2. The summed E-state index contributed by atoms with van der Waals surface area (Å²) in [4.78, 5) is 25.3. The summed E-state index contributed by atoms with van der Waals surface area (Å²) < 4.78 is 19.5. The van der Waals surface area contributed by atoms with Crippen molar-refractivity contribution < 1.29 is 13.9 Å². The van der Waals surface area contributed by atoms with Gasteiger partial charge in [-0.2, -0.15) is 0 Å². The average molecular weight is 450 g/mol. The Hall–Kier alpha value is -3.72. The number of hydrogen-bond acceptors (Lipinski definition) is 6. The van der Waals surface area contributed by atoms with Gasteiger partial charge >= 0.3 is 5.97 Å². The van der Waals surface area contributed by atoms with Crippen LogP contribution in [0.4, 0.5) is 9.39 Å². The van der Waals surface area contributed by atoms with Crippen molar-refractivity contribution in [2.45, 2.75) is 0 Å². The molecular formula is C23H20FN5O2S. The molecule has 0 aliphatic carbocycles. The molecule has 32 heavy (non-hydrogen) atoms. The summed E-state index contributed by atoms with van der Waals surface area (Å²) in [7, 11) is 0. The molecule has 2 N–H and O–H groups in total. The number of carbonyl (C=O) groups is 1. The van der Waals surface area contributed by atoms with Crippen molar-refractivity contribution in [3.8, 4) is 0 Å². The molecule has 5 rings (SSSR count). The lowest BCUT2D eigenvalue weighted by Gasteiger charge is -2.34. The Morgan fingerprint density at radius 2 is 1.88 bits per heavy atom. The fraction of sp³-hybridized carbons (Fsp3) is 0.174. The molecule has 2 aromatic carbocycles. The van der Waals surface area contributed by atoms with Gasteiger partial charge in [0.15, 0.2) is 11.7 Å². The number of ether oxygens (including phenoxy) is 1. The van der Waals surface area contributed by atoms with Gasteiger partial charge in [-0.15, -0.1) is 11.3 Å². The number of nitrogens with zero attached hydrogens (tertiary/aromatic N) is 4. The van der Waals surface area contributed by atoms with Crippen molar-refractivity contribution in [2.24, 2.45) is 15.7 Å². The first-order valence-corrected chi connectivity index (χ1v) is 11.0. The predicted molar refractivity (Wildman–Crippen MR) is 123 cm³/mol. The van der Waals surface area contributed by atoms with E-state index >= 15 is 0 Å². The van der Waals surface area contributed by atoms with E-state index in [0.29, 0.717) is 48.5 Å². The fourth-order valence-electron chi connectivity index (χ4n) is 3.73. The predicted octanol–water partition coefficient (Wildman–Crippen LogP) is 3.45. The minimum absolute atomic E-state index is 0.184. The number of nitrogens with two attached hydrogens (primary N) is 1. The molecule has 0 atom stereocenters. The lowest BCUT2D eigenvalue weighted by Crippen LogP contribution is -2.49. The number of hydrogen-bond donors (Lipinski definition) is 1. The molecule has 1 fully saturated rings. The summed E-state index contributed by atoms with van der Waals surface area (Å²) >= 11 is 1.54. The van der Waals surface area contributed by atoms with E-state index < -0.39 is 5.97 Å². The van der Waals surface area contributed by atoms with Crippen LogP contribution in [0.2, 0.25) is 0 Å². The Morgan fingerprint density at radius 3 is 2.62 bits per heavy atom. The van der Waals surface area contributed by atoms with Gasteiger partial charge in [0.1, 0.15) is 10.8 Å². The van der Waals surface area contributed by atoms with Crippen molar-refractivity contribution in [1.29, 1.82) is 0 Å². The van der Waals surface area contributed by atoms with Crippen LogP contribution in [0.1, 0.15) is 5.56 Å². The summed E-state index contributed by atoms with van der Waals surface area (Å²) in [5, 5.41) is 3.94. The molecule has 3 heterocycles. The van der Waals surface area contributed by atoms with E-state index in [-0.39, 0.29) is 17.4 Å². The van der Waals surface area contributed by atoms with Crippen LogP contribution in [-0.4, -0.2) is 53.8 Å². The molecule has 9 heteroatoms. The minimum Gasteiger partial charge on any atom is -0.402 e. The lowest BCUT2D eigenvalue weighted by molar-refractivity contribution is -0.130. The number of carbonyl (C=O) groups excluding carboxylic acids is 1. The molecule has 162 valence electrons. The summed E-state index contributed by atoms with van der Waals surface area (Å²) in [6.07, 6.45) is 1.71. The SMILES string of the molecule is N/C(=N\c1cccs1)N1CCN(C=C2N=C(c3ccc(F)c4ccccc34)OC2=O)CC1. The number of aliphatic imine (C=N–C) groups is 2. The molecule has 0 radical (unpaired) electrons. The Labute approximate surface area is 187 Å². The zero-order valence-electron chi connectivity index (χ0n) is 17.1. The first-order chi connectivity index (χ1) is 15.6. The largest absolute Gasteiger partial charge is 0.402 e. The average Bonchev–Trinajstić information content (AvgIpc) is 3.44. The Bertz CT molecular complexity index is 1260. The molecule has 0 bridgehead atoms. The molecule has 0 spiro atoms. The third kappa shape index (κ3) is 3.94. The fourth-order valence-corrected chi connectivity index (χ4v) is 4.33. The summed E-state index contributed by atoms with van der Waals surface area (Å²) in [6, 6.07) is 13.8. The Morgan fingerprint density at radius 1 is 1.09 bits per heavy atom. The number of cyclic esters (lactones) is 1. The monoisotopic (exact) mass is 449 g/mol. The zero-order valence-corrected chi connectivity index (χ0v) is 17.9. The van der Waals surface area contributed by atoms with Crippen LogP contribution in [0.5, 0.6) is 0 Å². The normalized spacial score (nSPS) is 18.4. The van der Waals surface area contributed by atoms with Crippen LogP contribution in [0.15, 0.2) is 75.8 Å². The van der Waals surface area contributed by atoms with E-state index in [2.05, 4.69) is 9.98 Å². The maximum absolute atomic E-state index is 14.1. The van der Waals surface area contributed by atoms with Gasteiger partial charge in [0.25, 0.3) is 0 Å². The number of thiophene rings is 1. The van der Waals surface area contributed by atoms with Crippen molar-refractivity contribution >= 4 is 44.9 Å². The van der Waals surface area contributed by atoms with Crippen LogP contribution >= 0.6 is 11.3 Å². The molecule has 0 unspecified atom stereocenters. The first-order valence-electron chi connectivity index (χ1n) is 10.2. The third-order valence-electron chi connectivity index (χ3n) is 5.40. The molecule has 1 saturated heterocycles. The van der Waals surface area contributed by atoms with Gasteiger partial charge in [-0.05, 0) is 35.0 Å². The Balaban J connectivity index is 1.32. The van der Waals surface area contributed by atoms with E-state index in [1.165, 1.54) is 17.4 Å². The van der Waals surface area contributed by atoms with Crippen molar-refractivity contribution in [1.82, 2.24) is 9.80 Å². The zero-order chi connectivity index (χ0) is 22.1. The van der Waals surface area contributed by atoms with Crippen LogP contribution in [0.3, 0.4) is 0 Å². The number of guanidine groups is 1. The highest BCUT2D eigenvalue weighted by molar-refractivity contribution is 7.13. The van der Waals surface area contributed by atoms with E-state index in [1.54, 1.807) is 30.5 Å². The lowest BCUT2D eigenvalue weighted by atomic mass is 10.0. The number of esters is 1. The summed E-state index contributed by atoms with van der Waals surface area (Å²) in [5.41, 5.74) is 6.94. The van der Waals surface area contributed by atoms with Crippen LogP contribution in [0.25, 0.3) is 10.8 Å².